The first-order valence-corrected chi connectivity index (χ1v) is 12.3. The maximum absolute atomic E-state index is 13.8. The molecule has 0 aromatic heterocycles. The number of rotatable bonds is 12. The van der Waals surface area contributed by atoms with Gasteiger partial charge in [-0.05, 0) is 54.3 Å². The summed E-state index contributed by atoms with van der Waals surface area (Å²) < 4.78 is 10.6. The molecule has 6 nitrogen and oxygen atoms in total. The molecule has 3 rings (SSSR count). The van der Waals surface area contributed by atoms with Crippen LogP contribution in [0.15, 0.2) is 78.9 Å². The van der Waals surface area contributed by atoms with E-state index in [1.54, 1.807) is 19.1 Å². The van der Waals surface area contributed by atoms with E-state index in [1.165, 1.54) is 0 Å². The Labute approximate surface area is 214 Å². The minimum Gasteiger partial charge on any atom is -0.497 e. The predicted octanol–water partition coefficient (Wildman–Crippen LogP) is 4.80. The number of carbonyl (C=O) groups excluding carboxylic acids is 2. The molecule has 0 spiro atoms. The van der Waals surface area contributed by atoms with Gasteiger partial charge in [0.05, 0.1) is 20.6 Å². The summed E-state index contributed by atoms with van der Waals surface area (Å²) in [6.45, 7) is 4.29. The number of benzene rings is 3. The van der Waals surface area contributed by atoms with E-state index in [0.717, 1.165) is 28.9 Å². The van der Waals surface area contributed by atoms with E-state index >= 15 is 0 Å². The van der Waals surface area contributed by atoms with Crippen molar-refractivity contribution in [1.29, 1.82) is 0 Å². The second kappa shape index (κ2) is 13.3. The maximum Gasteiger partial charge on any atom is 0.243 e. The van der Waals surface area contributed by atoms with Crippen LogP contribution in [0.25, 0.3) is 0 Å². The third kappa shape index (κ3) is 7.60. The van der Waals surface area contributed by atoms with Crippen LogP contribution < -0.4 is 14.8 Å². The van der Waals surface area contributed by atoms with Gasteiger partial charge in [-0.2, -0.15) is 0 Å². The molecular weight excluding hydrogens is 452 g/mol. The van der Waals surface area contributed by atoms with Crippen molar-refractivity contribution in [3.05, 3.63) is 95.6 Å². The highest BCUT2D eigenvalue weighted by molar-refractivity contribution is 5.89. The predicted molar refractivity (Wildman–Crippen MR) is 142 cm³/mol. The highest BCUT2D eigenvalue weighted by atomic mass is 16.5. The van der Waals surface area contributed by atoms with Crippen LogP contribution in [0.5, 0.6) is 11.5 Å². The van der Waals surface area contributed by atoms with Gasteiger partial charge in [0.25, 0.3) is 0 Å². The van der Waals surface area contributed by atoms with Crippen molar-refractivity contribution in [3.63, 3.8) is 0 Å². The van der Waals surface area contributed by atoms with Crippen LogP contribution in [-0.4, -0.2) is 43.0 Å². The van der Waals surface area contributed by atoms with Gasteiger partial charge >= 0.3 is 0 Å². The molecule has 0 unspecified atom stereocenters. The van der Waals surface area contributed by atoms with Crippen molar-refractivity contribution in [2.75, 3.05) is 14.2 Å². The quantitative estimate of drug-likeness (QED) is 0.398. The molecule has 0 fully saturated rings. The van der Waals surface area contributed by atoms with Crippen LogP contribution in [0.3, 0.4) is 0 Å². The molecule has 0 heterocycles. The third-order valence-electron chi connectivity index (χ3n) is 6.27. The molecule has 0 aliphatic rings. The first-order valence-electron chi connectivity index (χ1n) is 12.3. The first-order chi connectivity index (χ1) is 17.4. The average Bonchev–Trinajstić information content (AvgIpc) is 2.91. The molecule has 190 valence electrons. The van der Waals surface area contributed by atoms with E-state index in [1.807, 2.05) is 92.7 Å². The van der Waals surface area contributed by atoms with E-state index in [9.17, 15) is 9.59 Å². The SMILES string of the molecule is CC[C@@H](C)NC(=O)[C@H](Cc1ccccc1)N(Cc1cccc(OC)c1)C(=O)Cc1ccc(OC)cc1. The highest BCUT2D eigenvalue weighted by Crippen LogP contribution is 2.20. The Bertz CT molecular complexity index is 1120. The fourth-order valence-electron chi connectivity index (χ4n) is 3.98. The lowest BCUT2D eigenvalue weighted by molar-refractivity contribution is -0.141. The van der Waals surface area contributed by atoms with Crippen LogP contribution >= 0.6 is 0 Å². The number of hydrogen-bond acceptors (Lipinski definition) is 4. The standard InChI is InChI=1S/C30H36N2O4/c1-5-22(2)31-30(34)28(19-23-10-7-6-8-11-23)32(21-25-12-9-13-27(18-25)36-4)29(33)20-24-14-16-26(35-3)17-15-24/h6-18,22,28H,5,19-21H2,1-4H3,(H,31,34)/t22-,28+/m1/s1. The summed E-state index contributed by atoms with van der Waals surface area (Å²) in [7, 11) is 3.23. The zero-order valence-corrected chi connectivity index (χ0v) is 21.6. The van der Waals surface area contributed by atoms with E-state index in [2.05, 4.69) is 5.32 Å². The largest absolute Gasteiger partial charge is 0.497 e. The fraction of sp³-hybridized carbons (Fsp3) is 0.333. The lowest BCUT2D eigenvalue weighted by Crippen LogP contribution is -2.52. The van der Waals surface area contributed by atoms with E-state index in [-0.39, 0.29) is 30.8 Å². The molecule has 0 bridgehead atoms. The molecular formula is C30H36N2O4. The summed E-state index contributed by atoms with van der Waals surface area (Å²) in [5, 5.41) is 3.10. The Hall–Kier alpha value is -3.80. The molecule has 3 aromatic rings. The molecule has 2 atom stereocenters. The van der Waals surface area contributed by atoms with E-state index in [0.29, 0.717) is 12.2 Å². The van der Waals surface area contributed by atoms with Crippen LogP contribution in [0.4, 0.5) is 0 Å². The molecule has 0 aliphatic carbocycles. The van der Waals surface area contributed by atoms with Crippen molar-refractivity contribution in [3.8, 4) is 11.5 Å². The van der Waals surface area contributed by atoms with Crippen molar-refractivity contribution < 1.29 is 19.1 Å². The van der Waals surface area contributed by atoms with Gasteiger partial charge in [0, 0.05) is 19.0 Å². The van der Waals surface area contributed by atoms with Crippen molar-refractivity contribution in [1.82, 2.24) is 10.2 Å². The second-order valence-electron chi connectivity index (χ2n) is 8.92. The number of ether oxygens (including phenoxy) is 2. The summed E-state index contributed by atoms with van der Waals surface area (Å²) in [6.07, 6.45) is 1.40. The van der Waals surface area contributed by atoms with Crippen LogP contribution in [0.2, 0.25) is 0 Å². The Morgan fingerprint density at radius 3 is 2.14 bits per heavy atom. The Balaban J connectivity index is 1.97. The van der Waals surface area contributed by atoms with Crippen LogP contribution in [-0.2, 0) is 29.0 Å². The van der Waals surface area contributed by atoms with E-state index < -0.39 is 6.04 Å². The van der Waals surface area contributed by atoms with Gasteiger partial charge in [0.1, 0.15) is 17.5 Å². The Kier molecular flexibility index (Phi) is 9.92. The lowest BCUT2D eigenvalue weighted by atomic mass is 10.0. The monoisotopic (exact) mass is 488 g/mol. The van der Waals surface area contributed by atoms with Gasteiger partial charge in [-0.1, -0.05) is 61.5 Å². The number of nitrogens with zero attached hydrogens (tertiary/aromatic N) is 1. The molecule has 0 saturated heterocycles. The topological polar surface area (TPSA) is 67.9 Å². The number of carbonyl (C=O) groups is 2. The fourth-order valence-corrected chi connectivity index (χ4v) is 3.98. The lowest BCUT2D eigenvalue weighted by Gasteiger charge is -2.32. The number of amides is 2. The zero-order valence-electron chi connectivity index (χ0n) is 21.6. The molecule has 36 heavy (non-hydrogen) atoms. The van der Waals surface area contributed by atoms with Crippen LogP contribution in [0.1, 0.15) is 37.0 Å². The molecule has 2 amide bonds. The molecule has 0 aliphatic heterocycles. The van der Waals surface area contributed by atoms with Gasteiger partial charge in [-0.15, -0.1) is 0 Å². The molecule has 6 heteroatoms. The second-order valence-corrected chi connectivity index (χ2v) is 8.92. The van der Waals surface area contributed by atoms with Gasteiger partial charge < -0.3 is 19.7 Å². The Morgan fingerprint density at radius 1 is 0.833 bits per heavy atom. The average molecular weight is 489 g/mol. The minimum atomic E-state index is -0.668. The minimum absolute atomic E-state index is 0.00568. The summed E-state index contributed by atoms with van der Waals surface area (Å²) in [5.41, 5.74) is 2.75. The van der Waals surface area contributed by atoms with Gasteiger partial charge in [-0.25, -0.2) is 0 Å². The Morgan fingerprint density at radius 2 is 1.50 bits per heavy atom. The van der Waals surface area contributed by atoms with Crippen molar-refractivity contribution in [2.24, 2.45) is 0 Å². The van der Waals surface area contributed by atoms with Gasteiger partial charge in [0.15, 0.2) is 0 Å². The summed E-state index contributed by atoms with van der Waals surface area (Å²) in [6, 6.07) is 24.2. The first kappa shape index (κ1) is 26.8. The van der Waals surface area contributed by atoms with Crippen molar-refractivity contribution in [2.45, 2.75) is 51.7 Å². The molecule has 0 radical (unpaired) electrons. The number of methoxy groups -OCH3 is 2. The van der Waals surface area contributed by atoms with Crippen molar-refractivity contribution >= 4 is 11.8 Å². The van der Waals surface area contributed by atoms with E-state index in [4.69, 9.17) is 9.47 Å². The third-order valence-corrected chi connectivity index (χ3v) is 6.27. The zero-order chi connectivity index (χ0) is 25.9. The molecule has 1 N–H and O–H groups in total. The molecule has 0 saturated carbocycles. The summed E-state index contributed by atoms with van der Waals surface area (Å²) in [4.78, 5) is 29.1. The maximum atomic E-state index is 13.8. The van der Waals surface area contributed by atoms with Gasteiger partial charge in [0.2, 0.25) is 11.8 Å². The normalized spacial score (nSPS) is 12.3. The number of hydrogen-bond donors (Lipinski definition) is 1. The van der Waals surface area contributed by atoms with Gasteiger partial charge in [-0.3, -0.25) is 9.59 Å². The smallest absolute Gasteiger partial charge is 0.243 e. The summed E-state index contributed by atoms with van der Waals surface area (Å²) >= 11 is 0. The number of nitrogens with one attached hydrogen (secondary N) is 1. The summed E-state index contributed by atoms with van der Waals surface area (Å²) in [5.74, 6) is 1.16. The van der Waals surface area contributed by atoms with Crippen LogP contribution in [0, 0.1) is 0 Å². The highest BCUT2D eigenvalue weighted by Gasteiger charge is 2.31. The molecule has 3 aromatic carbocycles.